The maximum atomic E-state index is 13.0. The van der Waals surface area contributed by atoms with Crippen molar-refractivity contribution < 1.29 is 33.6 Å². The topological polar surface area (TPSA) is 94.5 Å². The number of hydrogen-bond donors (Lipinski definition) is 1. The van der Waals surface area contributed by atoms with Gasteiger partial charge in [-0.25, -0.2) is 9.59 Å². The van der Waals surface area contributed by atoms with Crippen molar-refractivity contribution in [2.75, 3.05) is 33.4 Å². The Bertz CT molecular complexity index is 932. The highest BCUT2D eigenvalue weighted by Gasteiger charge is 2.19. The smallest absolute Gasteiger partial charge is 0.415 e. The van der Waals surface area contributed by atoms with Crippen LogP contribution in [-0.2, 0) is 16.0 Å². The average molecular weight is 516 g/mol. The Balaban J connectivity index is 1.92. The van der Waals surface area contributed by atoms with Gasteiger partial charge >= 0.3 is 12.1 Å². The SMILES string of the molecule is CCCCCCCCN(CCOc1ccc(CC(OCC)C(=O)O)cc1)C(=O)Oc1ccccc1OC. The van der Waals surface area contributed by atoms with Gasteiger partial charge in [0.05, 0.1) is 13.7 Å². The molecule has 2 aromatic rings. The van der Waals surface area contributed by atoms with Crippen LogP contribution in [0.2, 0.25) is 0 Å². The largest absolute Gasteiger partial charge is 0.493 e. The number of aliphatic carboxylic acids is 1. The van der Waals surface area contributed by atoms with Crippen molar-refractivity contribution in [2.45, 2.75) is 64.9 Å². The minimum absolute atomic E-state index is 0.282. The summed E-state index contributed by atoms with van der Waals surface area (Å²) in [5.41, 5.74) is 0.846. The molecule has 37 heavy (non-hydrogen) atoms. The highest BCUT2D eigenvalue weighted by molar-refractivity contribution is 5.73. The lowest BCUT2D eigenvalue weighted by atomic mass is 10.1. The summed E-state index contributed by atoms with van der Waals surface area (Å²) >= 11 is 0. The fourth-order valence-electron chi connectivity index (χ4n) is 3.87. The van der Waals surface area contributed by atoms with E-state index in [1.165, 1.54) is 19.3 Å². The molecule has 0 saturated heterocycles. The minimum Gasteiger partial charge on any atom is -0.493 e. The van der Waals surface area contributed by atoms with Crippen LogP contribution in [0.4, 0.5) is 4.79 Å². The Morgan fingerprint density at radius 2 is 1.57 bits per heavy atom. The second-order valence-corrected chi connectivity index (χ2v) is 8.75. The molecule has 0 spiro atoms. The first-order valence-corrected chi connectivity index (χ1v) is 13.1. The van der Waals surface area contributed by atoms with Gasteiger partial charge in [0, 0.05) is 19.6 Å². The van der Waals surface area contributed by atoms with Crippen molar-refractivity contribution in [3.05, 3.63) is 54.1 Å². The molecule has 8 nitrogen and oxygen atoms in total. The third-order valence-electron chi connectivity index (χ3n) is 5.92. The molecule has 2 rings (SSSR count). The number of carboxylic acids is 1. The van der Waals surface area contributed by atoms with Crippen LogP contribution < -0.4 is 14.2 Å². The first-order chi connectivity index (χ1) is 18.0. The molecule has 0 aromatic heterocycles. The van der Waals surface area contributed by atoms with Crippen molar-refractivity contribution in [3.63, 3.8) is 0 Å². The van der Waals surface area contributed by atoms with Crippen LogP contribution in [-0.4, -0.2) is 61.6 Å². The van der Waals surface area contributed by atoms with Gasteiger partial charge in [-0.1, -0.05) is 63.3 Å². The fraction of sp³-hybridized carbons (Fsp3) is 0.517. The van der Waals surface area contributed by atoms with Crippen LogP contribution >= 0.6 is 0 Å². The first-order valence-electron chi connectivity index (χ1n) is 13.1. The Labute approximate surface area is 220 Å². The van der Waals surface area contributed by atoms with Gasteiger partial charge in [-0.3, -0.25) is 0 Å². The summed E-state index contributed by atoms with van der Waals surface area (Å²) in [5.74, 6) is 0.546. The van der Waals surface area contributed by atoms with Gasteiger partial charge in [0.15, 0.2) is 17.6 Å². The van der Waals surface area contributed by atoms with E-state index in [1.807, 2.05) is 18.2 Å². The van der Waals surface area contributed by atoms with Crippen LogP contribution in [0.15, 0.2) is 48.5 Å². The summed E-state index contributed by atoms with van der Waals surface area (Å²) in [5, 5.41) is 9.27. The second kappa shape index (κ2) is 17.2. The van der Waals surface area contributed by atoms with Crippen molar-refractivity contribution in [1.29, 1.82) is 0 Å². The Hall–Kier alpha value is -3.26. The Morgan fingerprint density at radius 3 is 2.22 bits per heavy atom. The number of nitrogens with zero attached hydrogens (tertiary/aromatic N) is 1. The molecule has 1 N–H and O–H groups in total. The number of amides is 1. The van der Waals surface area contributed by atoms with E-state index in [0.717, 1.165) is 24.8 Å². The number of carbonyl (C=O) groups excluding carboxylic acids is 1. The molecule has 1 unspecified atom stereocenters. The average Bonchev–Trinajstić information content (AvgIpc) is 2.90. The number of unbranched alkanes of at least 4 members (excludes halogenated alkanes) is 5. The van der Waals surface area contributed by atoms with Crippen molar-refractivity contribution >= 4 is 12.1 Å². The molecular formula is C29H41NO7. The molecule has 1 amide bonds. The van der Waals surface area contributed by atoms with Gasteiger partial charge < -0.3 is 29.0 Å². The summed E-state index contributed by atoms with van der Waals surface area (Å²) in [4.78, 5) is 26.0. The van der Waals surface area contributed by atoms with Crippen molar-refractivity contribution in [3.8, 4) is 17.2 Å². The van der Waals surface area contributed by atoms with Crippen molar-refractivity contribution in [1.82, 2.24) is 4.90 Å². The van der Waals surface area contributed by atoms with Gasteiger partial charge in [0.1, 0.15) is 12.4 Å². The third-order valence-corrected chi connectivity index (χ3v) is 5.92. The van der Waals surface area contributed by atoms with E-state index in [4.69, 9.17) is 18.9 Å². The molecule has 8 heteroatoms. The van der Waals surface area contributed by atoms with Crippen LogP contribution in [0.5, 0.6) is 17.2 Å². The maximum absolute atomic E-state index is 13.0. The Kier molecular flexibility index (Phi) is 14.0. The van der Waals surface area contributed by atoms with Gasteiger partial charge in [0.25, 0.3) is 0 Å². The molecule has 0 fully saturated rings. The third kappa shape index (κ3) is 11.1. The van der Waals surface area contributed by atoms with Crippen molar-refractivity contribution in [2.24, 2.45) is 0 Å². The maximum Gasteiger partial charge on any atom is 0.415 e. The quantitative estimate of drug-likeness (QED) is 0.245. The zero-order valence-electron chi connectivity index (χ0n) is 22.3. The normalized spacial score (nSPS) is 11.5. The molecule has 0 saturated carbocycles. The molecule has 0 heterocycles. The van der Waals surface area contributed by atoms with Gasteiger partial charge in [0.2, 0.25) is 0 Å². The second-order valence-electron chi connectivity index (χ2n) is 8.75. The molecule has 0 aliphatic rings. The molecule has 0 aliphatic carbocycles. The number of methoxy groups -OCH3 is 1. The van der Waals surface area contributed by atoms with Crippen LogP contribution in [0.1, 0.15) is 57.9 Å². The van der Waals surface area contributed by atoms with E-state index in [9.17, 15) is 14.7 Å². The number of carboxylic acid groups (broad SMARTS) is 1. The van der Waals surface area contributed by atoms with Gasteiger partial charge in [-0.05, 0) is 43.2 Å². The predicted octanol–water partition coefficient (Wildman–Crippen LogP) is 5.97. The predicted molar refractivity (Wildman–Crippen MR) is 143 cm³/mol. The number of carbonyl (C=O) groups is 2. The summed E-state index contributed by atoms with van der Waals surface area (Å²) < 4.78 is 22.1. The highest BCUT2D eigenvalue weighted by atomic mass is 16.6. The number of rotatable bonds is 18. The fourth-order valence-corrected chi connectivity index (χ4v) is 3.87. The standard InChI is InChI=1S/C29H41NO7/c1-4-6-7-8-9-12-19-30(29(33)37-26-14-11-10-13-25(26)34-3)20-21-36-24-17-15-23(16-18-24)22-27(28(31)32)35-5-2/h10-11,13-18,27H,4-9,12,19-22H2,1-3H3,(H,31,32). The molecule has 2 aromatic carbocycles. The van der Waals surface area contributed by atoms with Gasteiger partial charge in [-0.15, -0.1) is 0 Å². The van der Waals surface area contributed by atoms with Crippen LogP contribution in [0.25, 0.3) is 0 Å². The summed E-state index contributed by atoms with van der Waals surface area (Å²) in [6.45, 7) is 5.55. The van der Waals surface area contributed by atoms with E-state index in [0.29, 0.717) is 43.6 Å². The lowest BCUT2D eigenvalue weighted by Crippen LogP contribution is -2.37. The molecule has 0 radical (unpaired) electrons. The molecule has 204 valence electrons. The number of ether oxygens (including phenoxy) is 4. The van der Waals surface area contributed by atoms with E-state index >= 15 is 0 Å². The van der Waals surface area contributed by atoms with E-state index in [1.54, 1.807) is 49.3 Å². The van der Waals surface area contributed by atoms with E-state index in [2.05, 4.69) is 6.92 Å². The summed E-state index contributed by atoms with van der Waals surface area (Å²) in [6, 6.07) is 14.3. The number of benzene rings is 2. The molecule has 1 atom stereocenters. The van der Waals surface area contributed by atoms with Gasteiger partial charge in [-0.2, -0.15) is 0 Å². The monoisotopic (exact) mass is 515 g/mol. The lowest BCUT2D eigenvalue weighted by molar-refractivity contribution is -0.149. The molecule has 0 bridgehead atoms. The number of hydrogen-bond acceptors (Lipinski definition) is 6. The first kappa shape index (κ1) is 30.0. The number of para-hydroxylation sites is 2. The highest BCUT2D eigenvalue weighted by Crippen LogP contribution is 2.26. The van der Waals surface area contributed by atoms with E-state index < -0.39 is 18.2 Å². The minimum atomic E-state index is -0.979. The van der Waals surface area contributed by atoms with Crippen LogP contribution in [0.3, 0.4) is 0 Å². The molecule has 0 aliphatic heterocycles. The zero-order valence-corrected chi connectivity index (χ0v) is 22.3. The Morgan fingerprint density at radius 1 is 0.892 bits per heavy atom. The lowest BCUT2D eigenvalue weighted by Gasteiger charge is -2.22. The summed E-state index contributed by atoms with van der Waals surface area (Å²) in [7, 11) is 1.54. The van der Waals surface area contributed by atoms with Crippen LogP contribution in [0, 0.1) is 0 Å². The van der Waals surface area contributed by atoms with E-state index in [-0.39, 0.29) is 6.42 Å². The molecular weight excluding hydrogens is 474 g/mol. The zero-order chi connectivity index (χ0) is 26.9. The summed E-state index contributed by atoms with van der Waals surface area (Å²) in [6.07, 6.45) is 5.71.